The lowest BCUT2D eigenvalue weighted by atomic mass is 10.0. The Balaban J connectivity index is 1.61. The number of hydrogen-bond acceptors (Lipinski definition) is 7. The van der Waals surface area contributed by atoms with Gasteiger partial charge in [-0.2, -0.15) is 0 Å². The van der Waals surface area contributed by atoms with Crippen LogP contribution in [-0.4, -0.2) is 48.7 Å². The Labute approximate surface area is 184 Å². The Morgan fingerprint density at radius 3 is 2.41 bits per heavy atom. The highest BCUT2D eigenvalue weighted by Crippen LogP contribution is 2.45. The molecule has 0 aliphatic carbocycles. The number of carbonyl (C=O) groups is 4. The van der Waals surface area contributed by atoms with Gasteiger partial charge >= 0.3 is 5.97 Å². The van der Waals surface area contributed by atoms with E-state index in [0.29, 0.717) is 22.6 Å². The summed E-state index contributed by atoms with van der Waals surface area (Å²) in [5.41, 5.74) is 1.64. The summed E-state index contributed by atoms with van der Waals surface area (Å²) in [6.45, 7) is 1.46. The maximum Gasteiger partial charge on any atom is 0.344 e. The number of nitrogens with zero attached hydrogens (tertiary/aromatic N) is 1. The van der Waals surface area contributed by atoms with Gasteiger partial charge in [-0.05, 0) is 49.7 Å². The van der Waals surface area contributed by atoms with Crippen molar-refractivity contribution in [1.82, 2.24) is 4.90 Å². The SMILES string of the molecule is COc1ccc2c(c1OC)C(=O)OC2N1C(=O)CCC1C(=O)Nc1ccc(C(C)=O)cc1. The summed E-state index contributed by atoms with van der Waals surface area (Å²) < 4.78 is 16.1. The fraction of sp³-hybridized carbons (Fsp3) is 0.304. The van der Waals surface area contributed by atoms with E-state index < -0.39 is 24.1 Å². The van der Waals surface area contributed by atoms with Crippen LogP contribution in [0, 0.1) is 0 Å². The van der Waals surface area contributed by atoms with Crippen LogP contribution in [0.2, 0.25) is 0 Å². The number of carbonyl (C=O) groups excluding carboxylic acids is 4. The van der Waals surface area contributed by atoms with Gasteiger partial charge in [0.25, 0.3) is 0 Å². The average molecular weight is 438 g/mol. The maximum atomic E-state index is 13.0. The monoisotopic (exact) mass is 438 g/mol. The minimum Gasteiger partial charge on any atom is -0.493 e. The Morgan fingerprint density at radius 2 is 1.78 bits per heavy atom. The van der Waals surface area contributed by atoms with Crippen molar-refractivity contribution in [2.45, 2.75) is 32.0 Å². The molecule has 2 unspecified atom stereocenters. The van der Waals surface area contributed by atoms with Crippen LogP contribution in [-0.2, 0) is 14.3 Å². The molecule has 9 heteroatoms. The number of likely N-dealkylation sites (tertiary alicyclic amines) is 1. The van der Waals surface area contributed by atoms with E-state index >= 15 is 0 Å². The van der Waals surface area contributed by atoms with E-state index in [1.54, 1.807) is 36.4 Å². The van der Waals surface area contributed by atoms with E-state index in [9.17, 15) is 19.2 Å². The second kappa shape index (κ2) is 8.33. The summed E-state index contributed by atoms with van der Waals surface area (Å²) in [7, 11) is 2.86. The molecule has 1 fully saturated rings. The van der Waals surface area contributed by atoms with E-state index in [0.717, 1.165) is 0 Å². The molecule has 0 spiro atoms. The fourth-order valence-corrected chi connectivity index (χ4v) is 4.06. The van der Waals surface area contributed by atoms with Crippen LogP contribution in [0.3, 0.4) is 0 Å². The second-order valence-corrected chi connectivity index (χ2v) is 7.50. The Bertz CT molecular complexity index is 1110. The van der Waals surface area contributed by atoms with Gasteiger partial charge < -0.3 is 19.5 Å². The largest absolute Gasteiger partial charge is 0.493 e. The zero-order valence-corrected chi connectivity index (χ0v) is 17.8. The lowest BCUT2D eigenvalue weighted by Gasteiger charge is -2.29. The smallest absolute Gasteiger partial charge is 0.344 e. The molecular formula is C23H22N2O7. The Kier molecular flexibility index (Phi) is 5.56. The first-order valence-corrected chi connectivity index (χ1v) is 10.0. The van der Waals surface area contributed by atoms with Gasteiger partial charge in [0.05, 0.1) is 14.2 Å². The van der Waals surface area contributed by atoms with Crippen molar-refractivity contribution in [3.8, 4) is 11.5 Å². The van der Waals surface area contributed by atoms with Crippen molar-refractivity contribution >= 4 is 29.3 Å². The standard InChI is InChI=1S/C23H22N2O7/c1-12(26)13-4-6-14(7-5-13)24-21(28)16-9-11-18(27)25(16)22-15-8-10-17(30-2)20(31-3)19(15)23(29)32-22/h4-8,10,16,22H,9,11H2,1-3H3,(H,24,28). The summed E-state index contributed by atoms with van der Waals surface area (Å²) >= 11 is 0. The van der Waals surface area contributed by atoms with Gasteiger partial charge in [-0.3, -0.25) is 19.3 Å². The maximum absolute atomic E-state index is 13.0. The van der Waals surface area contributed by atoms with Crippen LogP contribution in [0.5, 0.6) is 11.5 Å². The van der Waals surface area contributed by atoms with Crippen LogP contribution in [0.4, 0.5) is 5.69 Å². The molecule has 2 heterocycles. The molecule has 2 atom stereocenters. The average Bonchev–Trinajstić information content (AvgIpc) is 3.32. The summed E-state index contributed by atoms with van der Waals surface area (Å²) in [5.74, 6) is -0.854. The van der Waals surface area contributed by atoms with Crippen LogP contribution in [0.15, 0.2) is 36.4 Å². The molecule has 2 aromatic rings. The van der Waals surface area contributed by atoms with Crippen LogP contribution >= 0.6 is 0 Å². The summed E-state index contributed by atoms with van der Waals surface area (Å²) in [4.78, 5) is 51.1. The number of fused-ring (bicyclic) bond motifs is 1. The number of amides is 2. The van der Waals surface area contributed by atoms with Crippen molar-refractivity contribution in [3.05, 3.63) is 53.1 Å². The van der Waals surface area contributed by atoms with E-state index in [1.807, 2.05) is 0 Å². The molecule has 4 rings (SSSR count). The number of hydrogen-bond donors (Lipinski definition) is 1. The number of anilines is 1. The molecule has 2 aromatic carbocycles. The molecule has 166 valence electrons. The molecule has 0 bridgehead atoms. The molecule has 1 saturated heterocycles. The molecule has 32 heavy (non-hydrogen) atoms. The predicted molar refractivity (Wildman–Crippen MR) is 113 cm³/mol. The second-order valence-electron chi connectivity index (χ2n) is 7.50. The topological polar surface area (TPSA) is 111 Å². The van der Waals surface area contributed by atoms with E-state index in [1.165, 1.54) is 26.0 Å². The quantitative estimate of drug-likeness (QED) is 0.545. The number of nitrogens with one attached hydrogen (secondary N) is 1. The first kappa shape index (κ1) is 21.4. The molecule has 2 aliphatic heterocycles. The van der Waals surface area contributed by atoms with Crippen LogP contribution < -0.4 is 14.8 Å². The third kappa shape index (κ3) is 3.55. The lowest BCUT2D eigenvalue weighted by Crippen LogP contribution is -2.43. The highest BCUT2D eigenvalue weighted by molar-refractivity contribution is 6.02. The Hall–Kier alpha value is -3.88. The minimum atomic E-state index is -1.04. The van der Waals surface area contributed by atoms with Gasteiger partial charge in [0.15, 0.2) is 17.3 Å². The molecule has 2 amide bonds. The lowest BCUT2D eigenvalue weighted by molar-refractivity contribution is -0.144. The molecule has 1 N–H and O–H groups in total. The number of ether oxygens (including phenoxy) is 3. The Morgan fingerprint density at radius 1 is 1.06 bits per heavy atom. The highest BCUT2D eigenvalue weighted by atomic mass is 16.6. The number of methoxy groups -OCH3 is 2. The van der Waals surface area contributed by atoms with E-state index in [-0.39, 0.29) is 35.8 Å². The van der Waals surface area contributed by atoms with E-state index in [4.69, 9.17) is 14.2 Å². The zero-order chi connectivity index (χ0) is 23.0. The van der Waals surface area contributed by atoms with Gasteiger partial charge in [-0.1, -0.05) is 0 Å². The first-order valence-electron chi connectivity index (χ1n) is 10.0. The zero-order valence-electron chi connectivity index (χ0n) is 17.8. The van der Waals surface area contributed by atoms with Crippen molar-refractivity contribution in [2.24, 2.45) is 0 Å². The molecular weight excluding hydrogens is 416 g/mol. The highest BCUT2D eigenvalue weighted by Gasteiger charge is 2.47. The number of cyclic esters (lactones) is 1. The first-order chi connectivity index (χ1) is 15.3. The number of ketones is 1. The number of benzene rings is 2. The third-order valence-electron chi connectivity index (χ3n) is 5.64. The fourth-order valence-electron chi connectivity index (χ4n) is 4.06. The van der Waals surface area contributed by atoms with Crippen molar-refractivity contribution in [3.63, 3.8) is 0 Å². The molecule has 9 nitrogen and oxygen atoms in total. The minimum absolute atomic E-state index is 0.0794. The normalized spacial score (nSPS) is 19.4. The van der Waals surface area contributed by atoms with Gasteiger partial charge in [0.1, 0.15) is 11.6 Å². The van der Waals surface area contributed by atoms with Crippen molar-refractivity contribution < 1.29 is 33.4 Å². The third-order valence-corrected chi connectivity index (χ3v) is 5.64. The molecule has 0 radical (unpaired) electrons. The number of esters is 1. The summed E-state index contributed by atoms with van der Waals surface area (Å²) in [5, 5.41) is 2.77. The molecule has 2 aliphatic rings. The van der Waals surface area contributed by atoms with Crippen LogP contribution in [0.1, 0.15) is 52.3 Å². The van der Waals surface area contributed by atoms with Crippen LogP contribution in [0.25, 0.3) is 0 Å². The summed E-state index contributed by atoms with van der Waals surface area (Å²) in [6, 6.07) is 8.91. The van der Waals surface area contributed by atoms with Gasteiger partial charge in [0, 0.05) is 23.2 Å². The predicted octanol–water partition coefficient (Wildman–Crippen LogP) is 2.71. The van der Waals surface area contributed by atoms with Gasteiger partial charge in [0.2, 0.25) is 18.0 Å². The van der Waals surface area contributed by atoms with Gasteiger partial charge in [-0.25, -0.2) is 4.79 Å². The molecule has 0 saturated carbocycles. The van der Waals surface area contributed by atoms with Gasteiger partial charge in [-0.15, -0.1) is 0 Å². The van der Waals surface area contributed by atoms with Crippen molar-refractivity contribution in [1.29, 1.82) is 0 Å². The number of rotatable bonds is 6. The number of Topliss-reactive ketones (excluding diaryl/α,β-unsaturated/α-hetero) is 1. The van der Waals surface area contributed by atoms with E-state index in [2.05, 4.69) is 5.32 Å². The van der Waals surface area contributed by atoms with Crippen molar-refractivity contribution in [2.75, 3.05) is 19.5 Å². The molecule has 0 aromatic heterocycles. The summed E-state index contributed by atoms with van der Waals surface area (Å²) in [6.07, 6.45) is -0.603.